The van der Waals surface area contributed by atoms with Crippen molar-refractivity contribution < 1.29 is 19.3 Å². The molecule has 3 N–H and O–H groups in total. The number of ketones is 1. The molecule has 0 unspecified atom stereocenters. The molecule has 10 heteroatoms. The van der Waals surface area contributed by atoms with Gasteiger partial charge in [0.25, 0.3) is 5.69 Å². The number of carbonyl (C=O) groups is 3. The van der Waals surface area contributed by atoms with Crippen molar-refractivity contribution in [2.24, 2.45) is 5.73 Å². The number of nitro benzene ring substituents is 1. The molecule has 0 saturated carbocycles. The highest BCUT2D eigenvalue weighted by Crippen LogP contribution is 2.27. The van der Waals surface area contributed by atoms with Crippen LogP contribution in [0.1, 0.15) is 22.8 Å². The molecule has 0 heterocycles. The molecule has 0 fully saturated rings. The molecule has 2 amide bonds. The standard InChI is InChI=1S/C19H20N4O5.ClH/c1-12(20)19(26)21-11-17(24)22(2)16-9-8-14(23(27)28)10-15(16)18(25)13-6-4-3-5-7-13;/h3-10,12H,11,20H2,1-2H3,(H,21,26);1H/t12-;/m0./s1. The summed E-state index contributed by atoms with van der Waals surface area (Å²) in [5.41, 5.74) is 5.70. The first-order valence-corrected chi connectivity index (χ1v) is 8.40. The van der Waals surface area contributed by atoms with E-state index in [4.69, 9.17) is 5.73 Å². The molecule has 2 rings (SSSR count). The smallest absolute Gasteiger partial charge is 0.270 e. The van der Waals surface area contributed by atoms with Crippen molar-refractivity contribution >= 4 is 41.4 Å². The topological polar surface area (TPSA) is 136 Å². The van der Waals surface area contributed by atoms with Crippen molar-refractivity contribution in [3.8, 4) is 0 Å². The highest BCUT2D eigenvalue weighted by molar-refractivity contribution is 6.14. The molecule has 9 nitrogen and oxygen atoms in total. The van der Waals surface area contributed by atoms with Gasteiger partial charge in [0, 0.05) is 24.7 Å². The Kier molecular flexibility index (Phi) is 8.43. The molecule has 0 radical (unpaired) electrons. The number of non-ortho nitro benzene ring substituents is 1. The van der Waals surface area contributed by atoms with Gasteiger partial charge < -0.3 is 16.0 Å². The van der Waals surface area contributed by atoms with Crippen molar-refractivity contribution in [2.45, 2.75) is 13.0 Å². The van der Waals surface area contributed by atoms with E-state index in [2.05, 4.69) is 5.32 Å². The van der Waals surface area contributed by atoms with E-state index in [0.29, 0.717) is 5.56 Å². The molecule has 0 saturated heterocycles. The summed E-state index contributed by atoms with van der Waals surface area (Å²) >= 11 is 0. The Morgan fingerprint density at radius 1 is 1.17 bits per heavy atom. The third kappa shape index (κ3) is 5.84. The quantitative estimate of drug-likeness (QED) is 0.397. The van der Waals surface area contributed by atoms with Crippen LogP contribution in [0.2, 0.25) is 0 Å². The van der Waals surface area contributed by atoms with Crippen molar-refractivity contribution in [3.63, 3.8) is 0 Å². The highest BCUT2D eigenvalue weighted by Gasteiger charge is 2.23. The SMILES string of the molecule is C[C@H](N)C(=O)NCC(=O)N(C)c1ccc([N+](=O)[O-])cc1C(=O)c1ccccc1.Cl. The normalized spacial score (nSPS) is 11.0. The van der Waals surface area contributed by atoms with E-state index >= 15 is 0 Å². The Labute approximate surface area is 173 Å². The fourth-order valence-electron chi connectivity index (χ4n) is 2.43. The molecular formula is C19H21ClN4O5. The number of anilines is 1. The Morgan fingerprint density at radius 3 is 2.34 bits per heavy atom. The van der Waals surface area contributed by atoms with Crippen LogP contribution in [0.3, 0.4) is 0 Å². The van der Waals surface area contributed by atoms with Gasteiger partial charge in [-0.05, 0) is 13.0 Å². The van der Waals surface area contributed by atoms with E-state index in [1.54, 1.807) is 30.3 Å². The number of nitro groups is 1. The van der Waals surface area contributed by atoms with Gasteiger partial charge in [0.2, 0.25) is 11.8 Å². The fraction of sp³-hybridized carbons (Fsp3) is 0.211. The number of hydrogen-bond acceptors (Lipinski definition) is 6. The van der Waals surface area contributed by atoms with E-state index in [1.807, 2.05) is 0 Å². The van der Waals surface area contributed by atoms with Crippen molar-refractivity contribution in [3.05, 3.63) is 69.8 Å². The Bertz CT molecular complexity index is 918. The molecular weight excluding hydrogens is 400 g/mol. The van der Waals surface area contributed by atoms with Gasteiger partial charge >= 0.3 is 0 Å². The van der Waals surface area contributed by atoms with Crippen LogP contribution < -0.4 is 16.0 Å². The first-order chi connectivity index (χ1) is 13.2. The summed E-state index contributed by atoms with van der Waals surface area (Å²) in [7, 11) is 1.42. The molecule has 154 valence electrons. The number of nitrogens with one attached hydrogen (secondary N) is 1. The van der Waals surface area contributed by atoms with Crippen molar-refractivity contribution in [2.75, 3.05) is 18.5 Å². The van der Waals surface area contributed by atoms with E-state index < -0.39 is 28.6 Å². The average molecular weight is 421 g/mol. The van der Waals surface area contributed by atoms with Gasteiger partial charge in [-0.3, -0.25) is 24.5 Å². The van der Waals surface area contributed by atoms with Crippen LogP contribution in [-0.4, -0.2) is 42.2 Å². The van der Waals surface area contributed by atoms with Crippen LogP contribution >= 0.6 is 12.4 Å². The fourth-order valence-corrected chi connectivity index (χ4v) is 2.43. The summed E-state index contributed by atoms with van der Waals surface area (Å²) in [5.74, 6) is -1.46. The molecule has 0 aliphatic rings. The summed E-state index contributed by atoms with van der Waals surface area (Å²) in [6, 6.07) is 11.1. The first kappa shape index (κ1) is 23.7. The lowest BCUT2D eigenvalue weighted by Gasteiger charge is -2.21. The Morgan fingerprint density at radius 2 is 1.79 bits per heavy atom. The zero-order chi connectivity index (χ0) is 20.8. The molecule has 0 aliphatic heterocycles. The van der Waals surface area contributed by atoms with Gasteiger partial charge in [-0.25, -0.2) is 0 Å². The largest absolute Gasteiger partial charge is 0.346 e. The predicted octanol–water partition coefficient (Wildman–Crippen LogP) is 1.67. The van der Waals surface area contributed by atoms with Gasteiger partial charge in [-0.2, -0.15) is 0 Å². The summed E-state index contributed by atoms with van der Waals surface area (Å²) in [4.78, 5) is 48.5. The zero-order valence-corrected chi connectivity index (χ0v) is 16.6. The number of nitrogens with two attached hydrogens (primary N) is 1. The van der Waals surface area contributed by atoms with Gasteiger partial charge in [0.15, 0.2) is 5.78 Å². The number of amides is 2. The lowest BCUT2D eigenvalue weighted by molar-refractivity contribution is -0.384. The van der Waals surface area contributed by atoms with Crippen molar-refractivity contribution in [1.82, 2.24) is 5.32 Å². The molecule has 0 bridgehead atoms. The lowest BCUT2D eigenvalue weighted by Crippen LogP contribution is -2.44. The van der Waals surface area contributed by atoms with Gasteiger partial charge in [-0.15, -0.1) is 12.4 Å². The number of halogens is 1. The minimum absolute atomic E-state index is 0. The van der Waals surface area contributed by atoms with Crippen LogP contribution in [-0.2, 0) is 9.59 Å². The second-order valence-electron chi connectivity index (χ2n) is 6.11. The second kappa shape index (κ2) is 10.3. The molecule has 0 aromatic heterocycles. The number of likely N-dealkylation sites (N-methyl/N-ethyl adjacent to an activating group) is 1. The molecule has 0 aliphatic carbocycles. The second-order valence-corrected chi connectivity index (χ2v) is 6.11. The van der Waals surface area contributed by atoms with Gasteiger partial charge in [0.05, 0.1) is 28.8 Å². The van der Waals surface area contributed by atoms with Crippen LogP contribution in [0.4, 0.5) is 11.4 Å². The van der Waals surface area contributed by atoms with Gasteiger partial charge in [-0.1, -0.05) is 30.3 Å². The van der Waals surface area contributed by atoms with Crippen LogP contribution in [0.5, 0.6) is 0 Å². The first-order valence-electron chi connectivity index (χ1n) is 8.40. The summed E-state index contributed by atoms with van der Waals surface area (Å²) in [6.07, 6.45) is 0. The van der Waals surface area contributed by atoms with E-state index in [-0.39, 0.29) is 35.9 Å². The average Bonchev–Trinajstić information content (AvgIpc) is 2.70. The minimum Gasteiger partial charge on any atom is -0.346 e. The number of hydrogen-bond donors (Lipinski definition) is 2. The number of nitrogens with zero attached hydrogens (tertiary/aromatic N) is 2. The van der Waals surface area contributed by atoms with E-state index in [1.165, 1.54) is 31.0 Å². The van der Waals surface area contributed by atoms with Crippen LogP contribution in [0.15, 0.2) is 48.5 Å². The Balaban J connectivity index is 0.00000420. The third-order valence-corrected chi connectivity index (χ3v) is 4.03. The monoisotopic (exact) mass is 420 g/mol. The van der Waals surface area contributed by atoms with E-state index in [9.17, 15) is 24.5 Å². The predicted molar refractivity (Wildman–Crippen MR) is 110 cm³/mol. The number of rotatable bonds is 7. The molecule has 1 atom stereocenters. The molecule has 2 aromatic rings. The maximum atomic E-state index is 12.9. The maximum Gasteiger partial charge on any atom is 0.270 e. The molecule has 2 aromatic carbocycles. The van der Waals surface area contributed by atoms with Crippen LogP contribution in [0.25, 0.3) is 0 Å². The maximum absolute atomic E-state index is 12.9. The number of benzene rings is 2. The molecule has 29 heavy (non-hydrogen) atoms. The van der Waals surface area contributed by atoms with Crippen molar-refractivity contribution in [1.29, 1.82) is 0 Å². The molecule has 0 spiro atoms. The number of carbonyl (C=O) groups excluding carboxylic acids is 3. The highest BCUT2D eigenvalue weighted by atomic mass is 35.5. The van der Waals surface area contributed by atoms with Gasteiger partial charge in [0.1, 0.15) is 0 Å². The minimum atomic E-state index is -0.771. The van der Waals surface area contributed by atoms with Crippen LogP contribution in [0, 0.1) is 10.1 Å². The van der Waals surface area contributed by atoms with E-state index in [0.717, 1.165) is 6.07 Å². The summed E-state index contributed by atoms with van der Waals surface area (Å²) in [5, 5.41) is 13.5. The zero-order valence-electron chi connectivity index (χ0n) is 15.8. The summed E-state index contributed by atoms with van der Waals surface area (Å²) < 4.78 is 0. The third-order valence-electron chi connectivity index (χ3n) is 4.03. The Hall–Kier alpha value is -3.30. The summed E-state index contributed by atoms with van der Waals surface area (Å²) in [6.45, 7) is 1.16. The lowest BCUT2D eigenvalue weighted by atomic mass is 10.0.